The fourth-order valence-corrected chi connectivity index (χ4v) is 2.36. The van der Waals surface area contributed by atoms with E-state index in [2.05, 4.69) is 4.98 Å². The van der Waals surface area contributed by atoms with E-state index in [1.807, 2.05) is 0 Å². The van der Waals surface area contributed by atoms with Crippen LogP contribution < -0.4 is 0 Å². The summed E-state index contributed by atoms with van der Waals surface area (Å²) < 4.78 is 98.2. The number of hydrogen-bond donors (Lipinski definition) is 0. The van der Waals surface area contributed by atoms with Crippen LogP contribution >= 0.6 is 0 Å². The Morgan fingerprint density at radius 2 is 1.56 bits per heavy atom. The minimum absolute atomic E-state index is 0.0108. The molecule has 0 spiro atoms. The standard InChI is InChI=1S/C20H15F4N/c1-12-9-19(25-11-13(12)2)15-5-8-18(21)17(10-15)14-3-6-16(7-4-14)20(22,23)24/h3-11H,1-2H3/i1D3,2D3. The number of aryl methyl sites for hydroxylation is 2. The molecular formula is C20H15F4N. The van der Waals surface area contributed by atoms with Crippen LogP contribution in [0.15, 0.2) is 54.7 Å². The van der Waals surface area contributed by atoms with Crippen molar-refractivity contribution in [2.45, 2.75) is 19.9 Å². The topological polar surface area (TPSA) is 12.9 Å². The maximum atomic E-state index is 14.4. The molecule has 0 saturated heterocycles. The molecule has 3 aromatic rings. The van der Waals surface area contributed by atoms with Crippen LogP contribution in [0.3, 0.4) is 0 Å². The predicted octanol–water partition coefficient (Wildman–Crippen LogP) is 6.19. The van der Waals surface area contributed by atoms with Gasteiger partial charge in [0.2, 0.25) is 0 Å². The Hall–Kier alpha value is -2.69. The summed E-state index contributed by atoms with van der Waals surface area (Å²) in [4.78, 5) is 4.02. The maximum Gasteiger partial charge on any atom is 0.416 e. The molecule has 25 heavy (non-hydrogen) atoms. The first-order valence-corrected chi connectivity index (χ1v) is 7.16. The first-order valence-electron chi connectivity index (χ1n) is 10.2. The SMILES string of the molecule is [2H]C([2H])([2H])c1cnc(-c2ccc(F)c(-c3ccc(C(F)(F)F)cc3)c2)cc1C([2H])([2H])[2H]. The molecule has 0 N–H and O–H groups in total. The van der Waals surface area contributed by atoms with Gasteiger partial charge in [0.05, 0.1) is 11.3 Å². The monoisotopic (exact) mass is 351 g/mol. The predicted molar refractivity (Wildman–Crippen MR) is 89.5 cm³/mol. The molecule has 0 unspecified atom stereocenters. The fourth-order valence-electron chi connectivity index (χ4n) is 2.36. The van der Waals surface area contributed by atoms with Gasteiger partial charge in [-0.25, -0.2) is 4.39 Å². The van der Waals surface area contributed by atoms with Crippen molar-refractivity contribution < 1.29 is 25.8 Å². The van der Waals surface area contributed by atoms with Gasteiger partial charge in [-0.1, -0.05) is 12.1 Å². The van der Waals surface area contributed by atoms with Crippen LogP contribution in [0.2, 0.25) is 0 Å². The molecule has 128 valence electrons. The molecule has 1 aromatic heterocycles. The lowest BCUT2D eigenvalue weighted by Gasteiger charge is -2.10. The number of alkyl halides is 3. The molecule has 0 aliphatic heterocycles. The van der Waals surface area contributed by atoms with Gasteiger partial charge in [-0.2, -0.15) is 13.2 Å². The van der Waals surface area contributed by atoms with Crippen LogP contribution in [0, 0.1) is 19.5 Å². The summed E-state index contributed by atoms with van der Waals surface area (Å²) in [7, 11) is 0. The Bertz CT molecular complexity index is 1100. The third-order valence-corrected chi connectivity index (χ3v) is 3.69. The Morgan fingerprint density at radius 1 is 0.880 bits per heavy atom. The molecule has 1 heterocycles. The van der Waals surface area contributed by atoms with E-state index in [0.717, 1.165) is 42.6 Å². The highest BCUT2D eigenvalue weighted by molar-refractivity contribution is 5.72. The smallest absolute Gasteiger partial charge is 0.256 e. The average Bonchev–Trinajstić information content (AvgIpc) is 2.66. The molecule has 0 aliphatic rings. The van der Waals surface area contributed by atoms with Crippen LogP contribution in [0.25, 0.3) is 22.4 Å². The number of hydrogen-bond acceptors (Lipinski definition) is 1. The number of benzene rings is 2. The van der Waals surface area contributed by atoms with Crippen molar-refractivity contribution in [2.75, 3.05) is 0 Å². The van der Waals surface area contributed by atoms with Gasteiger partial charge < -0.3 is 0 Å². The highest BCUT2D eigenvalue weighted by atomic mass is 19.4. The van der Waals surface area contributed by atoms with E-state index < -0.39 is 42.4 Å². The zero-order valence-corrected chi connectivity index (χ0v) is 12.7. The molecule has 0 aliphatic carbocycles. The number of nitrogens with zero attached hydrogens (tertiary/aromatic N) is 1. The van der Waals surface area contributed by atoms with Gasteiger partial charge in [-0.15, -0.1) is 0 Å². The van der Waals surface area contributed by atoms with E-state index in [1.165, 1.54) is 12.1 Å². The summed E-state index contributed by atoms with van der Waals surface area (Å²) in [6, 6.07) is 8.75. The van der Waals surface area contributed by atoms with Crippen molar-refractivity contribution in [1.29, 1.82) is 0 Å². The second-order valence-corrected chi connectivity index (χ2v) is 5.38. The van der Waals surface area contributed by atoms with E-state index in [0.29, 0.717) is 0 Å². The summed E-state index contributed by atoms with van der Waals surface area (Å²) >= 11 is 0. The highest BCUT2D eigenvalue weighted by Crippen LogP contribution is 2.33. The number of aromatic nitrogens is 1. The van der Waals surface area contributed by atoms with Gasteiger partial charge in [0, 0.05) is 25.5 Å². The van der Waals surface area contributed by atoms with Gasteiger partial charge in [-0.3, -0.25) is 4.98 Å². The molecule has 5 heteroatoms. The van der Waals surface area contributed by atoms with Crippen molar-refractivity contribution >= 4 is 0 Å². The van der Waals surface area contributed by atoms with Crippen molar-refractivity contribution in [2.24, 2.45) is 0 Å². The molecule has 1 nitrogen and oxygen atoms in total. The summed E-state index contributed by atoms with van der Waals surface area (Å²) in [5.41, 5.74) is -1.16. The average molecular weight is 351 g/mol. The van der Waals surface area contributed by atoms with E-state index in [4.69, 9.17) is 8.22 Å². The van der Waals surface area contributed by atoms with Gasteiger partial charge in [-0.05, 0) is 66.8 Å². The second-order valence-electron chi connectivity index (χ2n) is 5.38. The first kappa shape index (κ1) is 11.0. The normalized spacial score (nSPS) is 16.2. The minimum atomic E-state index is -4.53. The second kappa shape index (κ2) is 6.31. The molecule has 0 radical (unpaired) electrons. The fraction of sp³-hybridized carbons (Fsp3) is 0.150. The van der Waals surface area contributed by atoms with E-state index >= 15 is 0 Å². The molecular weight excluding hydrogens is 330 g/mol. The minimum Gasteiger partial charge on any atom is -0.256 e. The lowest BCUT2D eigenvalue weighted by molar-refractivity contribution is -0.137. The van der Waals surface area contributed by atoms with Crippen LogP contribution in [0.4, 0.5) is 17.6 Å². The van der Waals surface area contributed by atoms with Gasteiger partial charge >= 0.3 is 6.18 Å². The molecule has 0 saturated carbocycles. The number of pyridine rings is 1. The lowest BCUT2D eigenvalue weighted by atomic mass is 9.99. The number of halogens is 4. The lowest BCUT2D eigenvalue weighted by Crippen LogP contribution is -2.04. The van der Waals surface area contributed by atoms with Gasteiger partial charge in [0.15, 0.2) is 0 Å². The zero-order chi connectivity index (χ0) is 23.2. The Balaban J connectivity index is 2.10. The molecule has 2 aromatic carbocycles. The van der Waals surface area contributed by atoms with Crippen LogP contribution in [-0.2, 0) is 6.18 Å². The van der Waals surface area contributed by atoms with Crippen molar-refractivity contribution in [3.63, 3.8) is 0 Å². The summed E-state index contributed by atoms with van der Waals surface area (Å²) in [6.07, 6.45) is -3.58. The van der Waals surface area contributed by atoms with E-state index in [1.54, 1.807) is 0 Å². The maximum absolute atomic E-state index is 14.4. The van der Waals surface area contributed by atoms with Crippen LogP contribution in [0.1, 0.15) is 24.9 Å². The first-order chi connectivity index (χ1) is 14.2. The largest absolute Gasteiger partial charge is 0.416 e. The van der Waals surface area contributed by atoms with E-state index in [9.17, 15) is 17.6 Å². The highest BCUT2D eigenvalue weighted by Gasteiger charge is 2.30. The molecule has 0 bridgehead atoms. The van der Waals surface area contributed by atoms with Gasteiger partial charge in [0.25, 0.3) is 0 Å². The van der Waals surface area contributed by atoms with Crippen LogP contribution in [-0.4, -0.2) is 4.98 Å². The number of rotatable bonds is 2. The Kier molecular flexibility index (Phi) is 2.79. The van der Waals surface area contributed by atoms with Crippen molar-refractivity contribution in [3.05, 3.63) is 77.2 Å². The third-order valence-electron chi connectivity index (χ3n) is 3.69. The summed E-state index contributed by atoms with van der Waals surface area (Å²) in [5.74, 6) is -0.696. The molecule has 0 fully saturated rings. The summed E-state index contributed by atoms with van der Waals surface area (Å²) in [6.45, 7) is -5.42. The molecule has 3 rings (SSSR count). The van der Waals surface area contributed by atoms with Crippen molar-refractivity contribution in [1.82, 2.24) is 4.98 Å². The quantitative estimate of drug-likeness (QED) is 0.502. The Labute approximate surface area is 151 Å². The molecule has 0 atom stereocenters. The van der Waals surface area contributed by atoms with Crippen LogP contribution in [0.5, 0.6) is 0 Å². The third kappa shape index (κ3) is 3.55. The zero-order valence-electron chi connectivity index (χ0n) is 18.7. The van der Waals surface area contributed by atoms with Gasteiger partial charge in [0.1, 0.15) is 5.82 Å². The van der Waals surface area contributed by atoms with Crippen molar-refractivity contribution in [3.8, 4) is 22.4 Å². The molecule has 0 amide bonds. The Morgan fingerprint density at radius 3 is 2.20 bits per heavy atom. The summed E-state index contributed by atoms with van der Waals surface area (Å²) in [5, 5.41) is 0. The van der Waals surface area contributed by atoms with E-state index in [-0.39, 0.29) is 22.4 Å².